The van der Waals surface area contributed by atoms with Gasteiger partial charge in [0.2, 0.25) is 0 Å². The Morgan fingerprint density at radius 2 is 1.69 bits per heavy atom. The van der Waals surface area contributed by atoms with Crippen molar-refractivity contribution in [2.75, 3.05) is 14.2 Å². The average molecular weight is 395 g/mol. The molecule has 7 heteroatoms. The zero-order chi connectivity index (χ0) is 20.8. The number of imidazole rings is 1. The molecule has 0 saturated carbocycles. The molecule has 2 aromatic carbocycles. The van der Waals surface area contributed by atoms with E-state index in [1.165, 1.54) is 0 Å². The van der Waals surface area contributed by atoms with Crippen molar-refractivity contribution < 1.29 is 19.0 Å². The highest BCUT2D eigenvalue weighted by molar-refractivity contribution is 5.81. The number of rotatable bonds is 8. The number of amides is 1. The summed E-state index contributed by atoms with van der Waals surface area (Å²) < 4.78 is 18.4. The van der Waals surface area contributed by atoms with Crippen molar-refractivity contribution in [1.29, 1.82) is 0 Å². The van der Waals surface area contributed by atoms with Gasteiger partial charge in [0.1, 0.15) is 29.1 Å². The molecular weight excluding hydrogens is 370 g/mol. The molecule has 29 heavy (non-hydrogen) atoms. The third-order valence-electron chi connectivity index (χ3n) is 4.54. The molecule has 0 bridgehead atoms. The van der Waals surface area contributed by atoms with Crippen molar-refractivity contribution in [2.24, 2.45) is 7.05 Å². The summed E-state index contributed by atoms with van der Waals surface area (Å²) in [4.78, 5) is 17.3. The van der Waals surface area contributed by atoms with E-state index in [0.717, 1.165) is 5.56 Å². The van der Waals surface area contributed by atoms with E-state index in [1.54, 1.807) is 33.4 Å². The number of aromatic nitrogens is 2. The van der Waals surface area contributed by atoms with Crippen LogP contribution in [0.2, 0.25) is 0 Å². The molecule has 0 aliphatic heterocycles. The van der Waals surface area contributed by atoms with Gasteiger partial charge in [0.15, 0.2) is 6.10 Å². The highest BCUT2D eigenvalue weighted by Gasteiger charge is 2.25. The topological polar surface area (TPSA) is 74.6 Å². The molecule has 0 radical (unpaired) electrons. The highest BCUT2D eigenvalue weighted by Crippen LogP contribution is 2.29. The number of nitrogens with zero attached hydrogens (tertiary/aromatic N) is 2. The minimum absolute atomic E-state index is 0.261. The molecule has 1 heterocycles. The fraction of sp³-hybridized carbons (Fsp3) is 0.273. The number of para-hydroxylation sites is 1. The van der Waals surface area contributed by atoms with E-state index in [0.29, 0.717) is 23.1 Å². The van der Waals surface area contributed by atoms with Gasteiger partial charge in [0.05, 0.1) is 14.2 Å². The second kappa shape index (κ2) is 9.14. The van der Waals surface area contributed by atoms with Crippen LogP contribution in [-0.4, -0.2) is 35.8 Å². The molecule has 152 valence electrons. The number of carbonyl (C=O) groups excluding carboxylic acids is 1. The van der Waals surface area contributed by atoms with Gasteiger partial charge in [0, 0.05) is 25.5 Å². The molecule has 1 amide bonds. The summed E-state index contributed by atoms with van der Waals surface area (Å²) >= 11 is 0. The molecule has 0 aliphatic rings. The van der Waals surface area contributed by atoms with Gasteiger partial charge in [-0.1, -0.05) is 18.2 Å². The number of hydrogen-bond donors (Lipinski definition) is 1. The van der Waals surface area contributed by atoms with Gasteiger partial charge >= 0.3 is 0 Å². The first-order chi connectivity index (χ1) is 14.0. The standard InChI is InChI=1S/C22H25N3O4/c1-15(29-17-8-6-5-7-9-17)22(26)24-20(21-23-10-11-25(21)2)16-12-18(27-3)14-19(13-16)28-4/h5-15,20H,1-4H3,(H,24,26)/t15-,20+/m1/s1. The second-order valence-corrected chi connectivity index (χ2v) is 6.56. The first kappa shape index (κ1) is 20.3. The predicted octanol–water partition coefficient (Wildman–Crippen LogP) is 3.11. The van der Waals surface area contributed by atoms with Crippen molar-refractivity contribution in [3.8, 4) is 17.2 Å². The van der Waals surface area contributed by atoms with E-state index >= 15 is 0 Å². The van der Waals surface area contributed by atoms with Crippen LogP contribution < -0.4 is 19.5 Å². The molecular formula is C22H25N3O4. The summed E-state index contributed by atoms with van der Waals surface area (Å²) in [6.45, 7) is 1.71. The zero-order valence-corrected chi connectivity index (χ0v) is 17.0. The molecule has 0 saturated heterocycles. The number of nitrogens with one attached hydrogen (secondary N) is 1. The van der Waals surface area contributed by atoms with E-state index < -0.39 is 12.1 Å². The predicted molar refractivity (Wildman–Crippen MR) is 109 cm³/mol. The minimum atomic E-state index is -0.687. The number of ether oxygens (including phenoxy) is 3. The molecule has 0 aliphatic carbocycles. The number of carbonyl (C=O) groups is 1. The maximum absolute atomic E-state index is 12.9. The van der Waals surface area contributed by atoms with Crippen LogP contribution in [0.25, 0.3) is 0 Å². The number of methoxy groups -OCH3 is 2. The van der Waals surface area contributed by atoms with E-state index in [9.17, 15) is 4.79 Å². The lowest BCUT2D eigenvalue weighted by atomic mass is 10.0. The van der Waals surface area contributed by atoms with E-state index in [-0.39, 0.29) is 5.91 Å². The van der Waals surface area contributed by atoms with Gasteiger partial charge in [0.25, 0.3) is 5.91 Å². The highest BCUT2D eigenvalue weighted by atomic mass is 16.5. The Morgan fingerprint density at radius 3 is 2.24 bits per heavy atom. The molecule has 3 aromatic rings. The van der Waals surface area contributed by atoms with Gasteiger partial charge in [-0.05, 0) is 36.8 Å². The Hall–Kier alpha value is -3.48. The molecule has 0 spiro atoms. The van der Waals surface area contributed by atoms with Crippen LogP contribution in [-0.2, 0) is 11.8 Å². The van der Waals surface area contributed by atoms with Gasteiger partial charge in [-0.2, -0.15) is 0 Å². The van der Waals surface area contributed by atoms with Crippen LogP contribution in [0.4, 0.5) is 0 Å². The zero-order valence-electron chi connectivity index (χ0n) is 17.0. The third kappa shape index (κ3) is 4.87. The number of hydrogen-bond acceptors (Lipinski definition) is 5. The summed E-state index contributed by atoms with van der Waals surface area (Å²) in [5, 5.41) is 3.04. The van der Waals surface area contributed by atoms with Crippen LogP contribution in [0.1, 0.15) is 24.4 Å². The Morgan fingerprint density at radius 1 is 1.03 bits per heavy atom. The van der Waals surface area contributed by atoms with Crippen molar-refractivity contribution in [2.45, 2.75) is 19.1 Å². The molecule has 0 fully saturated rings. The summed E-state index contributed by atoms with van der Waals surface area (Å²) in [5.41, 5.74) is 0.788. The van der Waals surface area contributed by atoms with Gasteiger partial charge in [-0.15, -0.1) is 0 Å². The Labute approximate surface area is 170 Å². The summed E-state index contributed by atoms with van der Waals surface area (Å²) in [6, 6.07) is 14.2. The van der Waals surface area contributed by atoms with E-state index in [2.05, 4.69) is 10.3 Å². The summed E-state index contributed by atoms with van der Waals surface area (Å²) in [6.07, 6.45) is 2.83. The van der Waals surface area contributed by atoms with Crippen LogP contribution in [0, 0.1) is 0 Å². The van der Waals surface area contributed by atoms with Gasteiger partial charge in [-0.3, -0.25) is 4.79 Å². The van der Waals surface area contributed by atoms with Gasteiger partial charge < -0.3 is 24.1 Å². The molecule has 3 rings (SSSR count). The third-order valence-corrected chi connectivity index (χ3v) is 4.54. The summed E-state index contributed by atoms with van der Waals surface area (Å²) in [5.74, 6) is 2.30. The van der Waals surface area contributed by atoms with Crippen LogP contribution >= 0.6 is 0 Å². The summed E-state index contributed by atoms with van der Waals surface area (Å²) in [7, 11) is 5.05. The Bertz CT molecular complexity index is 933. The Balaban J connectivity index is 1.89. The normalized spacial score (nSPS) is 12.7. The molecule has 0 unspecified atom stereocenters. The second-order valence-electron chi connectivity index (χ2n) is 6.56. The van der Waals surface area contributed by atoms with E-state index in [4.69, 9.17) is 14.2 Å². The lowest BCUT2D eigenvalue weighted by molar-refractivity contribution is -0.127. The SMILES string of the molecule is COc1cc(OC)cc([C@H](NC(=O)[C@@H](C)Oc2ccccc2)c2nccn2C)c1. The average Bonchev–Trinajstić information content (AvgIpc) is 3.17. The van der Waals surface area contributed by atoms with Crippen LogP contribution in [0.15, 0.2) is 60.9 Å². The monoisotopic (exact) mass is 395 g/mol. The lowest BCUT2D eigenvalue weighted by Crippen LogP contribution is -2.39. The smallest absolute Gasteiger partial charge is 0.261 e. The van der Waals surface area contributed by atoms with Crippen molar-refractivity contribution in [1.82, 2.24) is 14.9 Å². The molecule has 7 nitrogen and oxygen atoms in total. The fourth-order valence-corrected chi connectivity index (χ4v) is 2.96. The van der Waals surface area contributed by atoms with Crippen LogP contribution in [0.5, 0.6) is 17.2 Å². The van der Waals surface area contributed by atoms with E-state index in [1.807, 2.05) is 60.3 Å². The quantitative estimate of drug-likeness (QED) is 0.634. The number of benzene rings is 2. The fourth-order valence-electron chi connectivity index (χ4n) is 2.96. The van der Waals surface area contributed by atoms with Crippen LogP contribution in [0.3, 0.4) is 0 Å². The first-order valence-electron chi connectivity index (χ1n) is 9.24. The first-order valence-corrected chi connectivity index (χ1v) is 9.24. The maximum Gasteiger partial charge on any atom is 0.261 e. The maximum atomic E-state index is 12.9. The minimum Gasteiger partial charge on any atom is -0.497 e. The lowest BCUT2D eigenvalue weighted by Gasteiger charge is -2.23. The molecule has 1 N–H and O–H groups in total. The molecule has 2 atom stereocenters. The largest absolute Gasteiger partial charge is 0.497 e. The van der Waals surface area contributed by atoms with Crippen molar-refractivity contribution in [3.05, 3.63) is 72.3 Å². The molecule has 1 aromatic heterocycles. The Kier molecular flexibility index (Phi) is 6.39. The van der Waals surface area contributed by atoms with Crippen molar-refractivity contribution >= 4 is 5.91 Å². The van der Waals surface area contributed by atoms with Crippen molar-refractivity contribution in [3.63, 3.8) is 0 Å². The van der Waals surface area contributed by atoms with Gasteiger partial charge in [-0.25, -0.2) is 4.98 Å². The number of aryl methyl sites for hydroxylation is 1.